The van der Waals surface area contributed by atoms with E-state index in [-0.39, 0.29) is 0 Å². The van der Waals surface area contributed by atoms with Gasteiger partial charge >= 0.3 is 0 Å². The largest absolute Gasteiger partial charge is 0.496 e. The first-order valence-electron chi connectivity index (χ1n) is 5.48. The predicted molar refractivity (Wildman–Crippen MR) is 76.1 cm³/mol. The van der Waals surface area contributed by atoms with E-state index in [1.165, 1.54) is 0 Å². The van der Waals surface area contributed by atoms with Crippen LogP contribution in [0.4, 0.5) is 0 Å². The molecule has 2 rings (SSSR count). The first-order valence-corrected chi connectivity index (χ1v) is 6.24. The standard InChI is InChI=1S/C14H12Cl2O3/c1-17-10-6-11(18-2)8-12(7-10)19-14-4-3-9(15)5-13(14)16/h3-8H,1-2H3. The average molecular weight is 299 g/mol. The zero-order valence-electron chi connectivity index (χ0n) is 10.4. The third kappa shape index (κ3) is 3.46. The van der Waals surface area contributed by atoms with Gasteiger partial charge in [-0.25, -0.2) is 0 Å². The van der Waals surface area contributed by atoms with Crippen LogP contribution in [0.15, 0.2) is 36.4 Å². The van der Waals surface area contributed by atoms with Crippen molar-refractivity contribution in [3.8, 4) is 23.0 Å². The molecule has 0 saturated carbocycles. The van der Waals surface area contributed by atoms with Crippen LogP contribution in [-0.2, 0) is 0 Å². The summed E-state index contributed by atoms with van der Waals surface area (Å²) in [6.45, 7) is 0. The molecule has 100 valence electrons. The number of halogens is 2. The highest BCUT2D eigenvalue weighted by molar-refractivity contribution is 6.35. The van der Waals surface area contributed by atoms with Gasteiger partial charge in [-0.15, -0.1) is 0 Å². The Morgan fingerprint density at radius 3 is 1.89 bits per heavy atom. The zero-order chi connectivity index (χ0) is 13.8. The van der Waals surface area contributed by atoms with Crippen LogP contribution in [-0.4, -0.2) is 14.2 Å². The highest BCUT2D eigenvalue weighted by Gasteiger charge is 2.07. The van der Waals surface area contributed by atoms with Crippen molar-refractivity contribution in [2.45, 2.75) is 0 Å². The Hall–Kier alpha value is -1.58. The van der Waals surface area contributed by atoms with E-state index < -0.39 is 0 Å². The third-order valence-electron chi connectivity index (χ3n) is 2.45. The number of hydrogen-bond acceptors (Lipinski definition) is 3. The van der Waals surface area contributed by atoms with Crippen LogP contribution in [0.3, 0.4) is 0 Å². The first kappa shape index (κ1) is 13.8. The molecular weight excluding hydrogens is 287 g/mol. The molecule has 0 heterocycles. The summed E-state index contributed by atoms with van der Waals surface area (Å²) in [6.07, 6.45) is 0. The topological polar surface area (TPSA) is 27.7 Å². The van der Waals surface area contributed by atoms with Crippen LogP contribution in [0.1, 0.15) is 0 Å². The number of benzene rings is 2. The van der Waals surface area contributed by atoms with E-state index in [2.05, 4.69) is 0 Å². The average Bonchev–Trinajstić information content (AvgIpc) is 2.41. The lowest BCUT2D eigenvalue weighted by molar-refractivity contribution is 0.386. The van der Waals surface area contributed by atoms with Crippen molar-refractivity contribution in [1.29, 1.82) is 0 Å². The summed E-state index contributed by atoms with van der Waals surface area (Å²) in [5.41, 5.74) is 0. The van der Waals surface area contributed by atoms with Crippen LogP contribution in [0.25, 0.3) is 0 Å². The summed E-state index contributed by atoms with van der Waals surface area (Å²) in [5, 5.41) is 0.995. The maximum atomic E-state index is 6.05. The minimum atomic E-state index is 0.439. The Morgan fingerprint density at radius 1 is 0.789 bits per heavy atom. The Balaban J connectivity index is 2.31. The van der Waals surface area contributed by atoms with Crippen LogP contribution < -0.4 is 14.2 Å². The second kappa shape index (κ2) is 6.04. The molecule has 3 nitrogen and oxygen atoms in total. The summed E-state index contributed by atoms with van der Waals surface area (Å²) in [6, 6.07) is 10.3. The quantitative estimate of drug-likeness (QED) is 0.811. The fourth-order valence-electron chi connectivity index (χ4n) is 1.53. The fraction of sp³-hybridized carbons (Fsp3) is 0.143. The maximum absolute atomic E-state index is 6.05. The lowest BCUT2D eigenvalue weighted by atomic mass is 10.3. The van der Waals surface area contributed by atoms with Crippen LogP contribution in [0.2, 0.25) is 10.0 Å². The number of rotatable bonds is 4. The zero-order valence-corrected chi connectivity index (χ0v) is 12.0. The molecule has 19 heavy (non-hydrogen) atoms. The Bertz CT molecular complexity index is 563. The molecule has 0 unspecified atom stereocenters. The normalized spacial score (nSPS) is 10.1. The van der Waals surface area contributed by atoms with E-state index in [9.17, 15) is 0 Å². The number of ether oxygens (including phenoxy) is 3. The van der Waals surface area contributed by atoms with Gasteiger partial charge in [0.15, 0.2) is 0 Å². The van der Waals surface area contributed by atoms with Gasteiger partial charge in [0.05, 0.1) is 19.2 Å². The Morgan fingerprint density at radius 2 is 1.37 bits per heavy atom. The van der Waals surface area contributed by atoms with E-state index in [1.807, 2.05) is 0 Å². The van der Waals surface area contributed by atoms with Gasteiger partial charge in [-0.3, -0.25) is 0 Å². The summed E-state index contributed by atoms with van der Waals surface area (Å²) in [5.74, 6) is 2.36. The molecule has 2 aromatic carbocycles. The van der Waals surface area contributed by atoms with Crippen molar-refractivity contribution in [2.75, 3.05) is 14.2 Å². The van der Waals surface area contributed by atoms with Crippen molar-refractivity contribution < 1.29 is 14.2 Å². The van der Waals surface area contributed by atoms with E-state index in [0.717, 1.165) is 0 Å². The third-order valence-corrected chi connectivity index (χ3v) is 2.98. The van der Waals surface area contributed by atoms with Gasteiger partial charge in [-0.1, -0.05) is 23.2 Å². The van der Waals surface area contributed by atoms with Gasteiger partial charge in [-0.05, 0) is 18.2 Å². The molecule has 0 bridgehead atoms. The van der Waals surface area contributed by atoms with Crippen molar-refractivity contribution >= 4 is 23.2 Å². The van der Waals surface area contributed by atoms with E-state index in [1.54, 1.807) is 50.6 Å². The molecule has 0 aliphatic heterocycles. The molecule has 0 N–H and O–H groups in total. The van der Waals surface area contributed by atoms with Crippen molar-refractivity contribution in [2.24, 2.45) is 0 Å². The van der Waals surface area contributed by atoms with Crippen molar-refractivity contribution in [3.63, 3.8) is 0 Å². The Labute approximate surface area is 121 Å². The minimum Gasteiger partial charge on any atom is -0.496 e. The molecule has 0 amide bonds. The highest BCUT2D eigenvalue weighted by Crippen LogP contribution is 2.35. The first-order chi connectivity index (χ1) is 9.12. The summed E-state index contributed by atoms with van der Waals surface area (Å²) in [7, 11) is 3.15. The summed E-state index contributed by atoms with van der Waals surface area (Å²) in [4.78, 5) is 0. The lowest BCUT2D eigenvalue weighted by Gasteiger charge is -2.11. The van der Waals surface area contributed by atoms with Gasteiger partial charge < -0.3 is 14.2 Å². The van der Waals surface area contributed by atoms with Crippen LogP contribution in [0, 0.1) is 0 Å². The van der Waals surface area contributed by atoms with E-state index in [0.29, 0.717) is 33.0 Å². The fourth-order valence-corrected chi connectivity index (χ4v) is 1.97. The molecule has 0 spiro atoms. The van der Waals surface area contributed by atoms with Gasteiger partial charge in [0.1, 0.15) is 23.0 Å². The van der Waals surface area contributed by atoms with Crippen LogP contribution in [0.5, 0.6) is 23.0 Å². The molecule has 0 aromatic heterocycles. The molecule has 2 aromatic rings. The van der Waals surface area contributed by atoms with Gasteiger partial charge in [0, 0.05) is 23.2 Å². The van der Waals surface area contributed by atoms with Gasteiger partial charge in [0.2, 0.25) is 0 Å². The molecule has 0 saturated heterocycles. The molecular formula is C14H12Cl2O3. The summed E-state index contributed by atoms with van der Waals surface area (Å²) >= 11 is 11.9. The smallest absolute Gasteiger partial charge is 0.146 e. The van der Waals surface area contributed by atoms with Crippen LogP contribution >= 0.6 is 23.2 Å². The minimum absolute atomic E-state index is 0.439. The van der Waals surface area contributed by atoms with E-state index in [4.69, 9.17) is 37.4 Å². The Kier molecular flexibility index (Phi) is 4.40. The molecule has 0 aliphatic rings. The van der Waals surface area contributed by atoms with Crippen molar-refractivity contribution in [3.05, 3.63) is 46.4 Å². The monoisotopic (exact) mass is 298 g/mol. The number of hydrogen-bond donors (Lipinski definition) is 0. The van der Waals surface area contributed by atoms with Gasteiger partial charge in [-0.2, -0.15) is 0 Å². The molecule has 0 atom stereocenters. The number of methoxy groups -OCH3 is 2. The second-order valence-corrected chi connectivity index (χ2v) is 4.57. The predicted octanol–water partition coefficient (Wildman–Crippen LogP) is 4.80. The molecule has 0 fully saturated rings. The summed E-state index contributed by atoms with van der Waals surface area (Å²) < 4.78 is 16.0. The van der Waals surface area contributed by atoms with Gasteiger partial charge in [0.25, 0.3) is 0 Å². The van der Waals surface area contributed by atoms with Crippen molar-refractivity contribution in [1.82, 2.24) is 0 Å². The molecule has 5 heteroatoms. The maximum Gasteiger partial charge on any atom is 0.146 e. The second-order valence-electron chi connectivity index (χ2n) is 3.73. The lowest BCUT2D eigenvalue weighted by Crippen LogP contribution is -1.90. The highest BCUT2D eigenvalue weighted by atomic mass is 35.5. The molecule has 0 radical (unpaired) electrons. The van der Waals surface area contributed by atoms with E-state index >= 15 is 0 Å². The SMILES string of the molecule is COc1cc(OC)cc(Oc2ccc(Cl)cc2Cl)c1. The molecule has 0 aliphatic carbocycles.